The Morgan fingerprint density at radius 2 is 2.14 bits per heavy atom. The van der Waals surface area contributed by atoms with Crippen LogP contribution in [-0.4, -0.2) is 37.6 Å². The normalized spacial score (nSPS) is 16.5. The van der Waals surface area contributed by atoms with Crippen molar-refractivity contribution in [2.75, 3.05) is 18.0 Å². The summed E-state index contributed by atoms with van der Waals surface area (Å²) in [6.45, 7) is 2.07. The fourth-order valence-electron chi connectivity index (χ4n) is 2.62. The number of nitrogens with one attached hydrogen (secondary N) is 1. The van der Waals surface area contributed by atoms with E-state index < -0.39 is 11.2 Å². The number of aromatic amines is 1. The number of nitrogens with zero attached hydrogens (tertiary/aromatic N) is 4. The Morgan fingerprint density at radius 3 is 2.95 bits per heavy atom. The van der Waals surface area contributed by atoms with Crippen LogP contribution in [0.2, 0.25) is 0 Å². The summed E-state index contributed by atoms with van der Waals surface area (Å²) in [6.07, 6.45) is 3.96. The van der Waals surface area contributed by atoms with E-state index in [4.69, 9.17) is 0 Å². The zero-order valence-electron chi connectivity index (χ0n) is 11.9. The molecule has 1 aliphatic rings. The Hall–Kier alpha value is -1.64. The van der Waals surface area contributed by atoms with Crippen molar-refractivity contribution < 1.29 is 4.55 Å². The van der Waals surface area contributed by atoms with Gasteiger partial charge in [-0.25, -0.2) is 9.97 Å². The molecule has 8 heteroatoms. The van der Waals surface area contributed by atoms with Crippen molar-refractivity contribution in [2.24, 2.45) is 0 Å². The number of fused-ring (bicyclic) bond motifs is 1. The Bertz CT molecular complexity index is 752. The molecule has 114 valence electrons. The lowest BCUT2D eigenvalue weighted by atomic mass is 10.4. The highest BCUT2D eigenvalue weighted by molar-refractivity contribution is 7.90. The SMILES string of the molecule is [O-][S+](Cc1cc(N2CCCC2)ncn1)c1nc2cscc2[nH]1. The van der Waals surface area contributed by atoms with Crippen LogP contribution in [0.5, 0.6) is 0 Å². The first-order valence-corrected chi connectivity index (χ1v) is 9.42. The largest absolute Gasteiger partial charge is 0.609 e. The summed E-state index contributed by atoms with van der Waals surface area (Å²) < 4.78 is 12.5. The fraction of sp³-hybridized carbons (Fsp3) is 0.357. The predicted octanol–water partition coefficient (Wildman–Crippen LogP) is 2.32. The molecule has 22 heavy (non-hydrogen) atoms. The molecule has 1 N–H and O–H groups in total. The standard InChI is InChI=1S/C14H15N5OS2/c20-22(14-17-11-6-21-7-12(11)18-14)8-10-5-13(16-9-15-10)19-3-1-2-4-19/h5-7,9H,1-4,8H2,(H,17,18). The van der Waals surface area contributed by atoms with Gasteiger partial charge in [0.15, 0.2) is 5.75 Å². The van der Waals surface area contributed by atoms with Crippen LogP contribution in [0.3, 0.4) is 0 Å². The van der Waals surface area contributed by atoms with E-state index in [1.165, 1.54) is 12.8 Å². The van der Waals surface area contributed by atoms with E-state index in [1.807, 2.05) is 16.8 Å². The van der Waals surface area contributed by atoms with Gasteiger partial charge in [-0.05, 0) is 12.8 Å². The molecule has 3 aromatic rings. The molecule has 6 nitrogen and oxygen atoms in total. The van der Waals surface area contributed by atoms with Crippen LogP contribution in [0.15, 0.2) is 28.3 Å². The van der Waals surface area contributed by atoms with E-state index in [0.29, 0.717) is 10.9 Å². The summed E-state index contributed by atoms with van der Waals surface area (Å²) in [7, 11) is 0. The van der Waals surface area contributed by atoms with Crippen LogP contribution in [0, 0.1) is 0 Å². The van der Waals surface area contributed by atoms with Gasteiger partial charge in [0.1, 0.15) is 17.7 Å². The van der Waals surface area contributed by atoms with Gasteiger partial charge >= 0.3 is 5.16 Å². The minimum Gasteiger partial charge on any atom is -0.609 e. The maximum absolute atomic E-state index is 12.5. The van der Waals surface area contributed by atoms with Crippen molar-refractivity contribution in [3.63, 3.8) is 0 Å². The van der Waals surface area contributed by atoms with Gasteiger partial charge < -0.3 is 9.45 Å². The Kier molecular flexibility index (Phi) is 3.73. The lowest BCUT2D eigenvalue weighted by molar-refractivity contribution is 0.586. The highest BCUT2D eigenvalue weighted by Gasteiger charge is 2.20. The second-order valence-electron chi connectivity index (χ2n) is 5.26. The third kappa shape index (κ3) is 2.69. The Morgan fingerprint density at radius 1 is 1.27 bits per heavy atom. The van der Waals surface area contributed by atoms with Crippen LogP contribution in [0.25, 0.3) is 11.0 Å². The first-order valence-electron chi connectivity index (χ1n) is 7.16. The molecule has 0 aromatic carbocycles. The molecular formula is C14H15N5OS2. The molecule has 1 saturated heterocycles. The van der Waals surface area contributed by atoms with Crippen molar-refractivity contribution in [3.8, 4) is 0 Å². The van der Waals surface area contributed by atoms with Gasteiger partial charge in [0.2, 0.25) is 0 Å². The Balaban J connectivity index is 1.52. The topological polar surface area (TPSA) is 80.8 Å². The molecule has 0 aliphatic carbocycles. The van der Waals surface area contributed by atoms with Crippen molar-refractivity contribution in [1.82, 2.24) is 19.9 Å². The van der Waals surface area contributed by atoms with Crippen LogP contribution < -0.4 is 4.90 Å². The van der Waals surface area contributed by atoms with E-state index in [-0.39, 0.29) is 0 Å². The lowest BCUT2D eigenvalue weighted by Crippen LogP contribution is -2.19. The van der Waals surface area contributed by atoms with Crippen LogP contribution >= 0.6 is 11.3 Å². The van der Waals surface area contributed by atoms with Gasteiger partial charge in [-0.3, -0.25) is 4.98 Å². The molecule has 0 saturated carbocycles. The average molecular weight is 333 g/mol. The molecule has 1 atom stereocenters. The highest BCUT2D eigenvalue weighted by Crippen LogP contribution is 2.22. The first-order chi connectivity index (χ1) is 10.8. The summed E-state index contributed by atoms with van der Waals surface area (Å²) in [5.41, 5.74) is 2.59. The number of anilines is 1. The molecule has 4 heterocycles. The second kappa shape index (κ2) is 5.86. The minimum atomic E-state index is -1.23. The summed E-state index contributed by atoms with van der Waals surface area (Å²) >= 11 is 0.355. The molecule has 0 radical (unpaired) electrons. The summed E-state index contributed by atoms with van der Waals surface area (Å²) in [5.74, 6) is 1.28. The number of hydrogen-bond donors (Lipinski definition) is 1. The third-order valence-corrected chi connectivity index (χ3v) is 5.65. The number of imidazole rings is 1. The summed E-state index contributed by atoms with van der Waals surface area (Å²) in [6, 6.07) is 1.94. The zero-order chi connectivity index (χ0) is 14.9. The van der Waals surface area contributed by atoms with Gasteiger partial charge in [-0.2, -0.15) is 4.98 Å². The number of rotatable bonds is 4. The van der Waals surface area contributed by atoms with Crippen molar-refractivity contribution >= 4 is 39.4 Å². The van der Waals surface area contributed by atoms with Crippen molar-refractivity contribution in [2.45, 2.75) is 23.8 Å². The molecule has 0 amide bonds. The van der Waals surface area contributed by atoms with E-state index in [1.54, 1.807) is 17.7 Å². The van der Waals surface area contributed by atoms with E-state index in [0.717, 1.165) is 35.6 Å². The number of hydrogen-bond acceptors (Lipinski definition) is 6. The third-order valence-electron chi connectivity index (χ3n) is 3.74. The van der Waals surface area contributed by atoms with Crippen LogP contribution in [0.4, 0.5) is 5.82 Å². The molecule has 1 unspecified atom stereocenters. The minimum absolute atomic E-state index is 0.350. The number of aromatic nitrogens is 4. The molecule has 1 fully saturated rings. The Labute approximate surface area is 134 Å². The van der Waals surface area contributed by atoms with Crippen LogP contribution in [-0.2, 0) is 16.9 Å². The monoisotopic (exact) mass is 333 g/mol. The number of thiophene rings is 1. The summed E-state index contributed by atoms with van der Waals surface area (Å²) in [5, 5.41) is 4.43. The zero-order valence-corrected chi connectivity index (χ0v) is 13.5. The van der Waals surface area contributed by atoms with Gasteiger partial charge in [-0.1, -0.05) is 0 Å². The molecule has 4 rings (SSSR count). The van der Waals surface area contributed by atoms with Crippen molar-refractivity contribution in [1.29, 1.82) is 0 Å². The van der Waals surface area contributed by atoms with E-state index >= 15 is 0 Å². The average Bonchev–Trinajstić information content (AvgIpc) is 3.24. The van der Waals surface area contributed by atoms with E-state index in [9.17, 15) is 4.55 Å². The lowest BCUT2D eigenvalue weighted by Gasteiger charge is -2.16. The van der Waals surface area contributed by atoms with Gasteiger partial charge in [-0.15, -0.1) is 11.3 Å². The van der Waals surface area contributed by atoms with Gasteiger partial charge in [0.25, 0.3) is 0 Å². The van der Waals surface area contributed by atoms with Gasteiger partial charge in [0.05, 0.1) is 11.2 Å². The van der Waals surface area contributed by atoms with Crippen LogP contribution in [0.1, 0.15) is 18.5 Å². The number of H-pyrrole nitrogens is 1. The molecule has 3 aromatic heterocycles. The molecule has 0 spiro atoms. The molecule has 1 aliphatic heterocycles. The van der Waals surface area contributed by atoms with E-state index in [2.05, 4.69) is 24.8 Å². The fourth-order valence-corrected chi connectivity index (χ4v) is 4.30. The van der Waals surface area contributed by atoms with Gasteiger partial charge in [0, 0.05) is 41.1 Å². The molecule has 0 bridgehead atoms. The maximum atomic E-state index is 12.5. The second-order valence-corrected chi connectivity index (χ2v) is 7.37. The van der Waals surface area contributed by atoms with Crippen molar-refractivity contribution in [3.05, 3.63) is 28.8 Å². The maximum Gasteiger partial charge on any atom is 0.322 e. The highest BCUT2D eigenvalue weighted by atomic mass is 32.2. The predicted molar refractivity (Wildman–Crippen MR) is 87.6 cm³/mol. The smallest absolute Gasteiger partial charge is 0.322 e. The summed E-state index contributed by atoms with van der Waals surface area (Å²) in [4.78, 5) is 18.3. The first kappa shape index (κ1) is 14.0. The molecular weight excluding hydrogens is 318 g/mol. The quantitative estimate of drug-likeness (QED) is 0.741.